The Morgan fingerprint density at radius 2 is 1.28 bits per heavy atom. The summed E-state index contributed by atoms with van der Waals surface area (Å²) in [6.45, 7) is 2.24. The van der Waals surface area contributed by atoms with Gasteiger partial charge in [0.05, 0.1) is 0 Å². The van der Waals surface area contributed by atoms with Crippen LogP contribution in [-0.4, -0.2) is 0 Å². The molecule has 32 heavy (non-hydrogen) atoms. The molecule has 1 heteroatoms. The lowest BCUT2D eigenvalue weighted by molar-refractivity contribution is 0.0784. The van der Waals surface area contributed by atoms with E-state index in [4.69, 9.17) is 4.74 Å². The normalized spacial score (nSPS) is 19.4. The van der Waals surface area contributed by atoms with E-state index >= 15 is 0 Å². The number of aryl methyl sites for hydroxylation is 1. The zero-order valence-electron chi connectivity index (χ0n) is 18.7. The first kappa shape index (κ1) is 18.5. The van der Waals surface area contributed by atoms with E-state index in [1.165, 1.54) is 69.8 Å². The fourth-order valence-electron chi connectivity index (χ4n) is 7.14. The first-order valence-electron chi connectivity index (χ1n) is 12.1. The SMILES string of the molecule is Cc1cc2ccccc2c2c1CCC1(O2)c2ccccc2C2(CCCC2)c2ccccc21. The van der Waals surface area contributed by atoms with E-state index in [1.54, 1.807) is 0 Å². The number of benzene rings is 4. The Morgan fingerprint density at radius 1 is 0.688 bits per heavy atom. The van der Waals surface area contributed by atoms with E-state index in [2.05, 4.69) is 85.8 Å². The summed E-state index contributed by atoms with van der Waals surface area (Å²) in [6, 6.07) is 29.4. The minimum absolute atomic E-state index is 0.150. The molecule has 0 amide bonds. The van der Waals surface area contributed by atoms with Crippen molar-refractivity contribution in [3.8, 4) is 5.75 Å². The number of hydrogen-bond acceptors (Lipinski definition) is 1. The summed E-state index contributed by atoms with van der Waals surface area (Å²) in [6.07, 6.45) is 7.14. The molecule has 1 heterocycles. The van der Waals surface area contributed by atoms with Crippen molar-refractivity contribution < 1.29 is 4.74 Å². The van der Waals surface area contributed by atoms with Crippen LogP contribution in [0.25, 0.3) is 10.8 Å². The smallest absolute Gasteiger partial charge is 0.160 e. The Labute approximate surface area is 190 Å². The molecule has 3 aliphatic rings. The first-order valence-corrected chi connectivity index (χ1v) is 12.1. The number of ether oxygens (including phenoxy) is 1. The van der Waals surface area contributed by atoms with Crippen molar-refractivity contribution >= 4 is 10.8 Å². The molecule has 1 aliphatic heterocycles. The molecule has 0 unspecified atom stereocenters. The number of fused-ring (bicyclic) bond motifs is 9. The van der Waals surface area contributed by atoms with E-state index in [0.29, 0.717) is 0 Å². The molecule has 1 fully saturated rings. The van der Waals surface area contributed by atoms with E-state index in [-0.39, 0.29) is 5.41 Å². The molecule has 2 spiro atoms. The topological polar surface area (TPSA) is 9.23 Å². The molecule has 7 rings (SSSR count). The molecule has 158 valence electrons. The Hall–Kier alpha value is -3.06. The second-order valence-electron chi connectivity index (χ2n) is 10.0. The van der Waals surface area contributed by atoms with Crippen molar-refractivity contribution in [1.82, 2.24) is 0 Å². The van der Waals surface area contributed by atoms with E-state index in [0.717, 1.165) is 18.6 Å². The highest BCUT2D eigenvalue weighted by molar-refractivity contribution is 5.91. The maximum Gasteiger partial charge on any atom is 0.160 e. The molecule has 0 aromatic heterocycles. The maximum atomic E-state index is 7.31. The molecule has 0 atom stereocenters. The minimum Gasteiger partial charge on any atom is -0.477 e. The van der Waals surface area contributed by atoms with Crippen molar-refractivity contribution in [2.75, 3.05) is 0 Å². The summed E-state index contributed by atoms with van der Waals surface area (Å²) < 4.78 is 7.31. The van der Waals surface area contributed by atoms with Crippen molar-refractivity contribution in [2.45, 2.75) is 56.5 Å². The van der Waals surface area contributed by atoms with Crippen LogP contribution in [0.3, 0.4) is 0 Å². The van der Waals surface area contributed by atoms with Gasteiger partial charge in [0.25, 0.3) is 0 Å². The molecule has 1 saturated carbocycles. The molecule has 4 aromatic carbocycles. The van der Waals surface area contributed by atoms with Gasteiger partial charge < -0.3 is 4.74 Å². The number of hydrogen-bond donors (Lipinski definition) is 0. The quantitative estimate of drug-likeness (QED) is 0.287. The highest BCUT2D eigenvalue weighted by atomic mass is 16.5. The predicted octanol–water partition coefficient (Wildman–Crippen LogP) is 7.59. The Kier molecular flexibility index (Phi) is 3.75. The van der Waals surface area contributed by atoms with Gasteiger partial charge in [0, 0.05) is 21.9 Å². The third kappa shape index (κ3) is 2.24. The molecule has 1 nitrogen and oxygen atoms in total. The third-order valence-corrected chi connectivity index (χ3v) is 8.54. The van der Waals surface area contributed by atoms with E-state index in [9.17, 15) is 0 Å². The summed E-state index contributed by atoms with van der Waals surface area (Å²) in [4.78, 5) is 0. The highest BCUT2D eigenvalue weighted by Crippen LogP contribution is 2.59. The average Bonchev–Trinajstić information content (AvgIpc) is 3.34. The van der Waals surface area contributed by atoms with E-state index < -0.39 is 5.60 Å². The second-order valence-corrected chi connectivity index (χ2v) is 10.0. The molecule has 2 aliphatic carbocycles. The molecule has 0 bridgehead atoms. The second kappa shape index (κ2) is 6.48. The van der Waals surface area contributed by atoms with Gasteiger partial charge in [0.15, 0.2) is 5.60 Å². The van der Waals surface area contributed by atoms with Crippen molar-refractivity contribution in [1.29, 1.82) is 0 Å². The van der Waals surface area contributed by atoms with Gasteiger partial charge in [0.1, 0.15) is 5.75 Å². The standard InChI is InChI=1S/C31H28O/c1-21-20-22-10-2-3-11-24(22)29-23(21)16-19-31(32-29)27-14-6-4-12-25(27)30(17-8-9-18-30)26-13-5-7-15-28(26)31/h2-7,10-15,20H,8-9,16-19H2,1H3. The van der Waals surface area contributed by atoms with E-state index in [1.807, 2.05) is 0 Å². The number of rotatable bonds is 0. The molecular formula is C31H28O. The van der Waals surface area contributed by atoms with Crippen LogP contribution in [0.2, 0.25) is 0 Å². The summed E-state index contributed by atoms with van der Waals surface area (Å²) in [5, 5.41) is 2.51. The summed E-state index contributed by atoms with van der Waals surface area (Å²) in [5.74, 6) is 1.10. The van der Waals surface area contributed by atoms with Gasteiger partial charge in [-0.1, -0.05) is 91.7 Å². The first-order chi connectivity index (χ1) is 15.7. The zero-order chi connectivity index (χ0) is 21.3. The predicted molar refractivity (Wildman–Crippen MR) is 131 cm³/mol. The summed E-state index contributed by atoms with van der Waals surface area (Å²) >= 11 is 0. The maximum absolute atomic E-state index is 7.31. The lowest BCUT2D eigenvalue weighted by Crippen LogP contribution is -2.47. The summed E-state index contributed by atoms with van der Waals surface area (Å²) in [7, 11) is 0. The molecular weight excluding hydrogens is 388 g/mol. The monoisotopic (exact) mass is 416 g/mol. The summed E-state index contributed by atoms with van der Waals surface area (Å²) in [5.41, 5.74) is 8.28. The van der Waals surface area contributed by atoms with Crippen LogP contribution in [-0.2, 0) is 17.4 Å². The lowest BCUT2D eigenvalue weighted by Gasteiger charge is -2.50. The Bertz CT molecular complexity index is 1320. The Morgan fingerprint density at radius 3 is 1.97 bits per heavy atom. The largest absolute Gasteiger partial charge is 0.477 e. The lowest BCUT2D eigenvalue weighted by atomic mass is 9.59. The van der Waals surface area contributed by atoms with Gasteiger partial charge in [-0.05, 0) is 60.2 Å². The van der Waals surface area contributed by atoms with Crippen LogP contribution in [0.1, 0.15) is 65.5 Å². The average molecular weight is 417 g/mol. The van der Waals surface area contributed by atoms with Gasteiger partial charge in [-0.25, -0.2) is 0 Å². The van der Waals surface area contributed by atoms with Gasteiger partial charge >= 0.3 is 0 Å². The third-order valence-electron chi connectivity index (χ3n) is 8.54. The van der Waals surface area contributed by atoms with Crippen LogP contribution < -0.4 is 4.74 Å². The highest BCUT2D eigenvalue weighted by Gasteiger charge is 2.53. The molecule has 0 N–H and O–H groups in total. The molecule has 0 radical (unpaired) electrons. The van der Waals surface area contributed by atoms with Gasteiger partial charge in [0.2, 0.25) is 0 Å². The van der Waals surface area contributed by atoms with Gasteiger partial charge in [-0.2, -0.15) is 0 Å². The van der Waals surface area contributed by atoms with Gasteiger partial charge in [-0.15, -0.1) is 0 Å². The van der Waals surface area contributed by atoms with Crippen LogP contribution in [0.15, 0.2) is 78.9 Å². The van der Waals surface area contributed by atoms with Crippen molar-refractivity contribution in [3.63, 3.8) is 0 Å². The van der Waals surface area contributed by atoms with Gasteiger partial charge in [-0.3, -0.25) is 0 Å². The fraction of sp³-hybridized carbons (Fsp3) is 0.290. The van der Waals surface area contributed by atoms with Crippen LogP contribution >= 0.6 is 0 Å². The molecule has 0 saturated heterocycles. The fourth-order valence-corrected chi connectivity index (χ4v) is 7.14. The minimum atomic E-state index is -0.412. The Balaban J connectivity index is 1.54. The van der Waals surface area contributed by atoms with Crippen LogP contribution in [0, 0.1) is 6.92 Å². The van der Waals surface area contributed by atoms with Crippen molar-refractivity contribution in [3.05, 3.63) is 112 Å². The van der Waals surface area contributed by atoms with Crippen LogP contribution in [0.4, 0.5) is 0 Å². The zero-order valence-corrected chi connectivity index (χ0v) is 18.7. The van der Waals surface area contributed by atoms with Crippen molar-refractivity contribution in [2.24, 2.45) is 0 Å². The van der Waals surface area contributed by atoms with Crippen LogP contribution in [0.5, 0.6) is 5.75 Å². The molecule has 4 aromatic rings.